The van der Waals surface area contributed by atoms with Crippen LogP contribution in [0.1, 0.15) is 12.5 Å². The first-order valence-electron chi connectivity index (χ1n) is 6.74. The van der Waals surface area contributed by atoms with Gasteiger partial charge in [-0.15, -0.1) is 10.2 Å². The van der Waals surface area contributed by atoms with Gasteiger partial charge in [0.25, 0.3) is 0 Å². The Balaban J connectivity index is 1.83. The lowest BCUT2D eigenvalue weighted by Gasteiger charge is -2.07. The number of halogens is 1. The van der Waals surface area contributed by atoms with Gasteiger partial charge in [0.05, 0.1) is 0 Å². The quantitative estimate of drug-likeness (QED) is 0.780. The first-order chi connectivity index (χ1) is 10.3. The van der Waals surface area contributed by atoms with Crippen molar-refractivity contribution < 1.29 is 0 Å². The highest BCUT2D eigenvalue weighted by Crippen LogP contribution is 2.30. The molecule has 0 radical (unpaired) electrons. The standard InChI is InChI=1S/C15H15ClN4S/c1-2-17-10-11-6-7-12(9-13(11)16)21-15-19-18-14-5-3-4-8-20(14)15/h3-9,17H,2,10H2,1H3. The fourth-order valence-electron chi connectivity index (χ4n) is 1.99. The number of rotatable bonds is 5. The molecule has 0 fully saturated rings. The zero-order chi connectivity index (χ0) is 14.7. The van der Waals surface area contributed by atoms with E-state index in [9.17, 15) is 0 Å². The summed E-state index contributed by atoms with van der Waals surface area (Å²) in [6, 6.07) is 11.9. The molecule has 0 aliphatic heterocycles. The molecule has 0 spiro atoms. The molecule has 0 bridgehead atoms. The lowest BCUT2D eigenvalue weighted by Crippen LogP contribution is -2.11. The Hall–Kier alpha value is -1.56. The molecule has 108 valence electrons. The topological polar surface area (TPSA) is 42.2 Å². The molecule has 0 aliphatic rings. The Kier molecular flexibility index (Phi) is 4.43. The predicted molar refractivity (Wildman–Crippen MR) is 85.9 cm³/mol. The van der Waals surface area contributed by atoms with Crippen molar-refractivity contribution in [1.29, 1.82) is 0 Å². The number of hydrogen-bond acceptors (Lipinski definition) is 4. The summed E-state index contributed by atoms with van der Waals surface area (Å²) in [5.74, 6) is 0. The van der Waals surface area contributed by atoms with E-state index in [1.807, 2.05) is 34.9 Å². The van der Waals surface area contributed by atoms with E-state index >= 15 is 0 Å². The van der Waals surface area contributed by atoms with Gasteiger partial charge in [0.15, 0.2) is 10.8 Å². The van der Waals surface area contributed by atoms with E-state index in [-0.39, 0.29) is 0 Å². The van der Waals surface area contributed by atoms with Gasteiger partial charge in [-0.1, -0.05) is 30.7 Å². The molecule has 2 heterocycles. The Morgan fingerprint density at radius 3 is 2.95 bits per heavy atom. The molecule has 0 saturated carbocycles. The number of fused-ring (bicyclic) bond motifs is 1. The second kappa shape index (κ2) is 6.47. The van der Waals surface area contributed by atoms with Crippen LogP contribution in [-0.4, -0.2) is 21.1 Å². The maximum absolute atomic E-state index is 6.33. The zero-order valence-electron chi connectivity index (χ0n) is 11.6. The van der Waals surface area contributed by atoms with Crippen LogP contribution in [-0.2, 0) is 6.54 Å². The van der Waals surface area contributed by atoms with Crippen LogP contribution in [0.3, 0.4) is 0 Å². The van der Waals surface area contributed by atoms with E-state index in [1.54, 1.807) is 11.8 Å². The number of aromatic nitrogens is 3. The van der Waals surface area contributed by atoms with Crippen molar-refractivity contribution in [2.75, 3.05) is 6.54 Å². The van der Waals surface area contributed by atoms with E-state index in [0.29, 0.717) is 0 Å². The molecule has 1 aromatic carbocycles. The molecular weight excluding hydrogens is 304 g/mol. The summed E-state index contributed by atoms with van der Waals surface area (Å²) in [4.78, 5) is 1.05. The van der Waals surface area contributed by atoms with Gasteiger partial charge in [0.1, 0.15) is 0 Å². The van der Waals surface area contributed by atoms with E-state index in [4.69, 9.17) is 11.6 Å². The van der Waals surface area contributed by atoms with Crippen LogP contribution in [0.5, 0.6) is 0 Å². The number of nitrogens with one attached hydrogen (secondary N) is 1. The molecular formula is C15H15ClN4S. The first kappa shape index (κ1) is 14.4. The summed E-state index contributed by atoms with van der Waals surface area (Å²) in [5.41, 5.74) is 1.95. The van der Waals surface area contributed by atoms with Crippen molar-refractivity contribution >= 4 is 29.0 Å². The molecule has 0 aliphatic carbocycles. The second-order valence-electron chi connectivity index (χ2n) is 4.55. The highest BCUT2D eigenvalue weighted by molar-refractivity contribution is 7.99. The van der Waals surface area contributed by atoms with Crippen LogP contribution in [0.25, 0.3) is 5.65 Å². The molecule has 21 heavy (non-hydrogen) atoms. The van der Waals surface area contributed by atoms with Crippen LogP contribution in [0.4, 0.5) is 0 Å². The predicted octanol–water partition coefficient (Wildman–Crippen LogP) is 3.64. The van der Waals surface area contributed by atoms with E-state index in [2.05, 4.69) is 34.6 Å². The van der Waals surface area contributed by atoms with Crippen molar-refractivity contribution in [1.82, 2.24) is 19.9 Å². The second-order valence-corrected chi connectivity index (χ2v) is 5.99. The van der Waals surface area contributed by atoms with E-state index in [0.717, 1.165) is 39.4 Å². The summed E-state index contributed by atoms with van der Waals surface area (Å²) in [6.45, 7) is 3.79. The molecule has 3 aromatic rings. The van der Waals surface area contributed by atoms with Crippen molar-refractivity contribution in [3.63, 3.8) is 0 Å². The Labute approximate surface area is 132 Å². The van der Waals surface area contributed by atoms with Gasteiger partial charge >= 0.3 is 0 Å². The fraction of sp³-hybridized carbons (Fsp3) is 0.200. The van der Waals surface area contributed by atoms with Gasteiger partial charge < -0.3 is 5.32 Å². The summed E-state index contributed by atoms with van der Waals surface area (Å²) in [6.07, 6.45) is 1.96. The molecule has 4 nitrogen and oxygen atoms in total. The molecule has 3 rings (SSSR count). The largest absolute Gasteiger partial charge is 0.313 e. The van der Waals surface area contributed by atoms with Crippen LogP contribution in [0, 0.1) is 0 Å². The molecule has 2 aromatic heterocycles. The van der Waals surface area contributed by atoms with Gasteiger partial charge in [0.2, 0.25) is 0 Å². The summed E-state index contributed by atoms with van der Waals surface area (Å²) >= 11 is 7.88. The third-order valence-electron chi connectivity index (χ3n) is 3.08. The molecule has 0 amide bonds. The van der Waals surface area contributed by atoms with E-state index in [1.165, 1.54) is 0 Å². The van der Waals surface area contributed by atoms with Gasteiger partial charge in [-0.25, -0.2) is 0 Å². The first-order valence-corrected chi connectivity index (χ1v) is 7.94. The average Bonchev–Trinajstić information content (AvgIpc) is 2.90. The van der Waals surface area contributed by atoms with E-state index < -0.39 is 0 Å². The Morgan fingerprint density at radius 2 is 2.14 bits per heavy atom. The van der Waals surface area contributed by atoms with Gasteiger partial charge in [0, 0.05) is 22.7 Å². The third-order valence-corrected chi connectivity index (χ3v) is 4.38. The van der Waals surface area contributed by atoms with Crippen LogP contribution < -0.4 is 5.32 Å². The number of benzene rings is 1. The number of hydrogen-bond donors (Lipinski definition) is 1. The normalized spacial score (nSPS) is 11.1. The Morgan fingerprint density at radius 1 is 1.24 bits per heavy atom. The highest BCUT2D eigenvalue weighted by atomic mass is 35.5. The van der Waals surface area contributed by atoms with Gasteiger partial charge in [-0.2, -0.15) is 0 Å². The molecule has 6 heteroatoms. The summed E-state index contributed by atoms with van der Waals surface area (Å²) < 4.78 is 1.96. The fourth-order valence-corrected chi connectivity index (χ4v) is 3.16. The third kappa shape index (κ3) is 3.20. The monoisotopic (exact) mass is 318 g/mol. The lowest BCUT2D eigenvalue weighted by atomic mass is 10.2. The molecule has 1 N–H and O–H groups in total. The zero-order valence-corrected chi connectivity index (χ0v) is 13.2. The smallest absolute Gasteiger partial charge is 0.200 e. The Bertz CT molecular complexity index is 756. The number of pyridine rings is 1. The number of nitrogens with zero attached hydrogens (tertiary/aromatic N) is 3. The van der Waals surface area contributed by atoms with Crippen molar-refractivity contribution in [3.8, 4) is 0 Å². The maximum atomic E-state index is 6.33. The molecule has 0 unspecified atom stereocenters. The maximum Gasteiger partial charge on any atom is 0.200 e. The van der Waals surface area contributed by atoms with Crippen LogP contribution in [0.15, 0.2) is 52.6 Å². The van der Waals surface area contributed by atoms with Gasteiger partial charge in [-0.3, -0.25) is 4.40 Å². The minimum atomic E-state index is 0.773. The van der Waals surface area contributed by atoms with Crippen LogP contribution >= 0.6 is 23.4 Å². The summed E-state index contributed by atoms with van der Waals surface area (Å²) in [5, 5.41) is 13.2. The molecule has 0 saturated heterocycles. The minimum absolute atomic E-state index is 0.773. The van der Waals surface area contributed by atoms with Crippen molar-refractivity contribution in [3.05, 3.63) is 53.2 Å². The average molecular weight is 319 g/mol. The van der Waals surface area contributed by atoms with Gasteiger partial charge in [-0.05, 0) is 48.1 Å². The highest BCUT2D eigenvalue weighted by Gasteiger charge is 2.08. The molecule has 0 atom stereocenters. The SMILES string of the molecule is CCNCc1ccc(Sc2nnc3ccccn23)cc1Cl. The van der Waals surface area contributed by atoms with Crippen LogP contribution in [0.2, 0.25) is 5.02 Å². The van der Waals surface area contributed by atoms with Crippen molar-refractivity contribution in [2.24, 2.45) is 0 Å². The minimum Gasteiger partial charge on any atom is -0.313 e. The van der Waals surface area contributed by atoms with Crippen molar-refractivity contribution in [2.45, 2.75) is 23.5 Å². The lowest BCUT2D eigenvalue weighted by molar-refractivity contribution is 0.726. The summed E-state index contributed by atoms with van der Waals surface area (Å²) in [7, 11) is 0.